The quantitative estimate of drug-likeness (QED) is 0.677. The second-order valence-corrected chi connectivity index (χ2v) is 5.39. The first-order valence-corrected chi connectivity index (χ1v) is 6.74. The molecule has 1 saturated carbocycles. The summed E-state index contributed by atoms with van der Waals surface area (Å²) in [4.78, 5) is 22.4. The van der Waals surface area contributed by atoms with Gasteiger partial charge in [0.05, 0.1) is 19.0 Å². The Balaban J connectivity index is 1.79. The molecule has 108 valence electrons. The lowest BCUT2D eigenvalue weighted by molar-refractivity contribution is -0.122. The lowest BCUT2D eigenvalue weighted by atomic mass is 10.0. The summed E-state index contributed by atoms with van der Waals surface area (Å²) in [6.45, 7) is 4.87. The van der Waals surface area contributed by atoms with Crippen molar-refractivity contribution in [3.8, 4) is 0 Å². The van der Waals surface area contributed by atoms with E-state index in [0.717, 1.165) is 18.4 Å². The Morgan fingerprint density at radius 3 is 3.15 bits per heavy atom. The number of ether oxygens (including phenoxy) is 1. The van der Waals surface area contributed by atoms with E-state index in [9.17, 15) is 4.79 Å². The van der Waals surface area contributed by atoms with Gasteiger partial charge in [0.15, 0.2) is 18.2 Å². The fourth-order valence-corrected chi connectivity index (χ4v) is 3.17. The predicted octanol–water partition coefficient (Wildman–Crippen LogP) is -0.549. The van der Waals surface area contributed by atoms with Crippen LogP contribution < -0.4 is 11.1 Å². The van der Waals surface area contributed by atoms with Crippen molar-refractivity contribution in [2.45, 2.75) is 31.1 Å². The molecule has 0 aromatic rings. The molecule has 2 aliphatic heterocycles. The van der Waals surface area contributed by atoms with Crippen molar-refractivity contribution >= 4 is 18.2 Å². The Labute approximate surface area is 117 Å². The van der Waals surface area contributed by atoms with E-state index in [1.165, 1.54) is 0 Å². The molecule has 1 amide bonds. The van der Waals surface area contributed by atoms with E-state index in [1.54, 1.807) is 13.4 Å². The summed E-state index contributed by atoms with van der Waals surface area (Å²) in [5, 5.41) is 2.51. The van der Waals surface area contributed by atoms with E-state index >= 15 is 0 Å². The smallest absolute Gasteiger partial charge is 0.255 e. The van der Waals surface area contributed by atoms with Crippen LogP contribution >= 0.6 is 0 Å². The molecule has 3 rings (SSSR count). The fourth-order valence-electron chi connectivity index (χ4n) is 3.17. The molecule has 0 bridgehead atoms. The van der Waals surface area contributed by atoms with Gasteiger partial charge in [-0.15, -0.1) is 0 Å². The van der Waals surface area contributed by atoms with Crippen molar-refractivity contribution < 1.29 is 9.53 Å². The van der Waals surface area contributed by atoms with Crippen LogP contribution in [0.15, 0.2) is 22.1 Å². The molecule has 0 radical (unpaired) electrons. The lowest BCUT2D eigenvalue weighted by Gasteiger charge is -2.33. The molecular weight excluding hydrogens is 258 g/mol. The molecular formula is C13H19N5O2. The Morgan fingerprint density at radius 1 is 1.60 bits per heavy atom. The molecule has 4 atom stereocenters. The van der Waals surface area contributed by atoms with Gasteiger partial charge in [-0.2, -0.15) is 0 Å². The zero-order valence-electron chi connectivity index (χ0n) is 11.5. The molecule has 0 aromatic heterocycles. The molecule has 2 heterocycles. The second kappa shape index (κ2) is 4.90. The predicted molar refractivity (Wildman–Crippen MR) is 75.2 cm³/mol. The third-order valence-corrected chi connectivity index (χ3v) is 4.21. The largest absolute Gasteiger partial charge is 0.384 e. The maximum Gasteiger partial charge on any atom is 0.255 e. The summed E-state index contributed by atoms with van der Waals surface area (Å²) < 4.78 is 5.22. The van der Waals surface area contributed by atoms with Crippen molar-refractivity contribution in [1.29, 1.82) is 0 Å². The number of guanidine groups is 1. The van der Waals surface area contributed by atoms with Gasteiger partial charge in [-0.1, -0.05) is 6.58 Å². The van der Waals surface area contributed by atoms with Gasteiger partial charge in [0.2, 0.25) is 0 Å². The van der Waals surface area contributed by atoms with Crippen LogP contribution in [-0.4, -0.2) is 55.1 Å². The monoisotopic (exact) mass is 277 g/mol. The number of aliphatic imine (C=N–C) groups is 2. The van der Waals surface area contributed by atoms with E-state index < -0.39 is 6.04 Å². The minimum Gasteiger partial charge on any atom is -0.384 e. The third kappa shape index (κ3) is 1.98. The van der Waals surface area contributed by atoms with Crippen molar-refractivity contribution in [1.82, 2.24) is 10.2 Å². The van der Waals surface area contributed by atoms with Gasteiger partial charge in [0.25, 0.3) is 5.91 Å². The Bertz CT molecular complexity index is 501. The number of nitrogens with two attached hydrogens (primary N) is 1. The highest BCUT2D eigenvalue weighted by atomic mass is 16.5. The molecule has 20 heavy (non-hydrogen) atoms. The van der Waals surface area contributed by atoms with Gasteiger partial charge in [-0.25, -0.2) is 4.99 Å². The number of nitrogens with one attached hydrogen (secondary N) is 1. The van der Waals surface area contributed by atoms with Crippen LogP contribution in [0.1, 0.15) is 12.8 Å². The number of carbonyl (C=O) groups is 1. The summed E-state index contributed by atoms with van der Waals surface area (Å²) in [5.74, 6) is 0.318. The minimum absolute atomic E-state index is 0.149. The number of hydrogen-bond donors (Lipinski definition) is 2. The van der Waals surface area contributed by atoms with Crippen LogP contribution in [0.5, 0.6) is 0 Å². The molecule has 1 fully saturated rings. The highest BCUT2D eigenvalue weighted by Crippen LogP contribution is 2.36. The molecule has 7 nitrogen and oxygen atoms in total. The molecule has 3 N–H and O–H groups in total. The highest BCUT2D eigenvalue weighted by Gasteiger charge is 2.44. The fraction of sp³-hybridized carbons (Fsp3) is 0.615. The first-order chi connectivity index (χ1) is 9.61. The molecule has 0 aromatic carbocycles. The Morgan fingerprint density at radius 2 is 2.40 bits per heavy atom. The minimum atomic E-state index is -0.503. The van der Waals surface area contributed by atoms with Crippen LogP contribution in [0.4, 0.5) is 0 Å². The Kier molecular flexibility index (Phi) is 3.21. The molecule has 0 spiro atoms. The van der Waals surface area contributed by atoms with Gasteiger partial charge >= 0.3 is 0 Å². The molecule has 7 heteroatoms. The van der Waals surface area contributed by atoms with Crippen LogP contribution in [0.2, 0.25) is 0 Å². The van der Waals surface area contributed by atoms with Crippen molar-refractivity contribution in [2.24, 2.45) is 21.6 Å². The summed E-state index contributed by atoms with van der Waals surface area (Å²) in [5.41, 5.74) is 6.77. The van der Waals surface area contributed by atoms with E-state index in [1.807, 2.05) is 4.90 Å². The number of methoxy groups -OCH3 is 1. The van der Waals surface area contributed by atoms with E-state index in [4.69, 9.17) is 10.5 Å². The number of carbonyl (C=O) groups excluding carboxylic acids is 1. The number of hydrogen-bond acceptors (Lipinski definition) is 6. The molecule has 4 unspecified atom stereocenters. The zero-order chi connectivity index (χ0) is 14.3. The first-order valence-electron chi connectivity index (χ1n) is 6.74. The van der Waals surface area contributed by atoms with Crippen LogP contribution in [-0.2, 0) is 9.53 Å². The van der Waals surface area contributed by atoms with Gasteiger partial charge in [0, 0.05) is 13.0 Å². The highest BCUT2D eigenvalue weighted by molar-refractivity contribution is 6.02. The standard InChI is InChI=1S/C13H19N5O2/c1-7-8(5-20-2)3-4-9(7)18-6-15-10-11(18)16-13(14)17-12(10)19/h6,8-11H,1,3-5H2,2H3,(H3,14,16,17,19). The maximum atomic E-state index is 11.8. The zero-order valence-corrected chi connectivity index (χ0v) is 11.5. The maximum absolute atomic E-state index is 11.8. The Hall–Kier alpha value is -1.89. The second-order valence-electron chi connectivity index (χ2n) is 5.39. The summed E-state index contributed by atoms with van der Waals surface area (Å²) in [6.07, 6.45) is 3.37. The number of fused-ring (bicyclic) bond motifs is 1. The van der Waals surface area contributed by atoms with Crippen molar-refractivity contribution in [2.75, 3.05) is 13.7 Å². The van der Waals surface area contributed by atoms with E-state index in [-0.39, 0.29) is 24.1 Å². The average molecular weight is 277 g/mol. The van der Waals surface area contributed by atoms with E-state index in [0.29, 0.717) is 12.5 Å². The van der Waals surface area contributed by atoms with Crippen LogP contribution in [0, 0.1) is 5.92 Å². The van der Waals surface area contributed by atoms with Gasteiger partial charge in [-0.3, -0.25) is 15.1 Å². The normalized spacial score (nSPS) is 36.0. The molecule has 0 saturated heterocycles. The summed E-state index contributed by atoms with van der Waals surface area (Å²) >= 11 is 0. The molecule has 3 aliphatic rings. The number of nitrogens with zero attached hydrogens (tertiary/aromatic N) is 3. The van der Waals surface area contributed by atoms with E-state index in [2.05, 4.69) is 21.9 Å². The molecule has 1 aliphatic carbocycles. The topological polar surface area (TPSA) is 92.3 Å². The van der Waals surface area contributed by atoms with Crippen LogP contribution in [0.25, 0.3) is 0 Å². The summed E-state index contributed by atoms with van der Waals surface area (Å²) in [7, 11) is 1.70. The average Bonchev–Trinajstić information content (AvgIpc) is 2.95. The number of amides is 1. The van der Waals surface area contributed by atoms with Crippen molar-refractivity contribution in [3.05, 3.63) is 12.2 Å². The van der Waals surface area contributed by atoms with Gasteiger partial charge < -0.3 is 15.4 Å². The van der Waals surface area contributed by atoms with Gasteiger partial charge in [-0.05, 0) is 18.4 Å². The van der Waals surface area contributed by atoms with Crippen LogP contribution in [0.3, 0.4) is 0 Å². The third-order valence-electron chi connectivity index (χ3n) is 4.21. The summed E-state index contributed by atoms with van der Waals surface area (Å²) in [6, 6.07) is -0.354. The number of rotatable bonds is 3. The van der Waals surface area contributed by atoms with Gasteiger partial charge in [0.1, 0.15) is 0 Å². The van der Waals surface area contributed by atoms with Crippen molar-refractivity contribution in [3.63, 3.8) is 0 Å². The lowest BCUT2D eigenvalue weighted by Crippen LogP contribution is -2.55. The first kappa shape index (κ1) is 13.1. The SMILES string of the molecule is C=C1C(COC)CCC1N1C=NC2C(=O)NC(N)=NC21.